The van der Waals surface area contributed by atoms with Gasteiger partial charge in [-0.2, -0.15) is 0 Å². The number of benzene rings is 2. The highest BCUT2D eigenvalue weighted by atomic mass is 16.4. The van der Waals surface area contributed by atoms with Crippen molar-refractivity contribution in [2.24, 2.45) is 28.8 Å². The summed E-state index contributed by atoms with van der Waals surface area (Å²) >= 11 is 0. The van der Waals surface area contributed by atoms with E-state index in [1.165, 1.54) is 43.5 Å². The number of hydrogen-bond donors (Lipinski definition) is 5. The molecule has 0 spiro atoms. The minimum Gasteiger partial charge on any atom is -0.481 e. The van der Waals surface area contributed by atoms with Crippen LogP contribution < -0.4 is 28.2 Å². The summed E-state index contributed by atoms with van der Waals surface area (Å²) in [6.07, 6.45) is 9.70. The number of nitrogen functional groups attached to an aromatic ring is 1. The first kappa shape index (κ1) is 30.3. The Labute approximate surface area is 234 Å². The van der Waals surface area contributed by atoms with Gasteiger partial charge in [-0.25, -0.2) is 11.7 Å². The number of allylic oxidation sites excluding steroid dienone is 1. The molecule has 0 saturated heterocycles. The molecule has 0 bridgehead atoms. The van der Waals surface area contributed by atoms with Gasteiger partial charge in [0, 0.05) is 37.8 Å². The monoisotopic (exact) mass is 536 g/mol. The van der Waals surface area contributed by atoms with Crippen molar-refractivity contribution in [3.63, 3.8) is 0 Å². The highest BCUT2D eigenvalue weighted by molar-refractivity contribution is 5.78. The number of hydrazine groups is 2. The van der Waals surface area contributed by atoms with Gasteiger partial charge in [0.2, 0.25) is 0 Å². The first-order valence-electron chi connectivity index (χ1n) is 14.0. The molecule has 0 unspecified atom stereocenters. The van der Waals surface area contributed by atoms with Gasteiger partial charge in [-0.15, -0.1) is 0 Å². The fourth-order valence-electron chi connectivity index (χ4n) is 5.91. The Morgan fingerprint density at radius 3 is 2.31 bits per heavy atom. The molecule has 1 saturated carbocycles. The molecule has 1 atom stereocenters. The summed E-state index contributed by atoms with van der Waals surface area (Å²) in [6, 6.07) is 9.97. The molecule has 0 aliphatic heterocycles. The molecule has 8 heteroatoms. The minimum absolute atomic E-state index is 0.445. The summed E-state index contributed by atoms with van der Waals surface area (Å²) in [5.41, 5.74) is 18.3. The minimum atomic E-state index is -1.11. The second kappa shape index (κ2) is 12.7. The van der Waals surface area contributed by atoms with Crippen molar-refractivity contribution < 1.29 is 9.90 Å². The van der Waals surface area contributed by atoms with E-state index < -0.39 is 17.3 Å². The molecule has 2 aromatic rings. The Morgan fingerprint density at radius 2 is 1.74 bits per heavy atom. The lowest BCUT2D eigenvalue weighted by atomic mass is 9.69. The van der Waals surface area contributed by atoms with Crippen molar-refractivity contribution in [1.82, 2.24) is 5.01 Å². The second-order valence-electron chi connectivity index (χ2n) is 11.8. The Morgan fingerprint density at radius 1 is 1.10 bits per heavy atom. The zero-order valence-corrected chi connectivity index (χ0v) is 24.3. The number of aliphatic carboxylic acids is 1. The van der Waals surface area contributed by atoms with Crippen LogP contribution in [0.2, 0.25) is 0 Å². The highest BCUT2D eigenvalue weighted by Crippen LogP contribution is 2.45. The molecule has 9 N–H and O–H groups in total. The predicted molar refractivity (Wildman–Crippen MR) is 161 cm³/mol. The zero-order valence-electron chi connectivity index (χ0n) is 24.3. The van der Waals surface area contributed by atoms with Crippen molar-refractivity contribution in [1.29, 1.82) is 0 Å². The van der Waals surface area contributed by atoms with Crippen LogP contribution in [-0.2, 0) is 11.2 Å². The highest BCUT2D eigenvalue weighted by Gasteiger charge is 2.40. The van der Waals surface area contributed by atoms with Crippen molar-refractivity contribution in [3.05, 3.63) is 70.0 Å². The van der Waals surface area contributed by atoms with Gasteiger partial charge in [0.1, 0.15) is 0 Å². The summed E-state index contributed by atoms with van der Waals surface area (Å²) in [4.78, 5) is 12.6. The van der Waals surface area contributed by atoms with Crippen LogP contribution in [0.4, 0.5) is 11.4 Å². The number of nitrogens with two attached hydrogens (primary N) is 4. The van der Waals surface area contributed by atoms with E-state index in [-0.39, 0.29) is 0 Å². The van der Waals surface area contributed by atoms with Crippen LogP contribution in [0.25, 0.3) is 0 Å². The average Bonchev–Trinajstić information content (AvgIpc) is 3.15. The smallest absolute Gasteiger partial charge is 0.310 e. The molecule has 1 aliphatic rings. The van der Waals surface area contributed by atoms with E-state index in [1.807, 2.05) is 30.1 Å². The van der Waals surface area contributed by atoms with Crippen LogP contribution >= 0.6 is 0 Å². The maximum absolute atomic E-state index is 12.6. The third-order valence-corrected chi connectivity index (χ3v) is 8.57. The second-order valence-corrected chi connectivity index (χ2v) is 11.8. The molecule has 2 aromatic carbocycles. The SMILES string of the molecule is Cc1ccc([C@H](c2ccc(N(C)N)c(N)c2C)C(C)(C)C(=O)O)cc1C/C(=C/N)N(N)CC1CCCCCC1. The van der Waals surface area contributed by atoms with Gasteiger partial charge in [-0.05, 0) is 80.3 Å². The van der Waals surface area contributed by atoms with Crippen molar-refractivity contribution in [3.8, 4) is 0 Å². The predicted octanol–water partition coefficient (Wildman–Crippen LogP) is 4.93. The number of hydrogen-bond acceptors (Lipinski definition) is 7. The van der Waals surface area contributed by atoms with Crippen LogP contribution in [-0.4, -0.2) is 29.7 Å². The first-order valence-corrected chi connectivity index (χ1v) is 14.0. The Hall–Kier alpha value is -3.23. The molecule has 0 aromatic heterocycles. The standard InChI is InChI=1S/C31H48N6O2/c1-20-12-13-23(16-24(20)17-25(18-32)37(35)19-22-10-8-6-7-9-11-22)28(31(3,4)30(38)39)26-14-15-27(36(5)34)29(33)21(26)2/h12-16,18,22,28H,6-11,17,19,32-35H2,1-5H3,(H,38,39)/b25-18-/t28-/m1/s1. The van der Waals surface area contributed by atoms with E-state index in [1.54, 1.807) is 27.1 Å². The molecule has 1 aliphatic carbocycles. The van der Waals surface area contributed by atoms with Crippen LogP contribution in [0.5, 0.6) is 0 Å². The van der Waals surface area contributed by atoms with Gasteiger partial charge in [-0.3, -0.25) is 4.79 Å². The Kier molecular flexibility index (Phi) is 9.91. The third-order valence-electron chi connectivity index (χ3n) is 8.57. The molecule has 8 nitrogen and oxygen atoms in total. The lowest BCUT2D eigenvalue weighted by molar-refractivity contribution is -0.147. The molecule has 0 radical (unpaired) electrons. The molecule has 1 fully saturated rings. The van der Waals surface area contributed by atoms with Crippen LogP contribution in [0.15, 0.2) is 42.2 Å². The number of aryl methyl sites for hydroxylation is 1. The van der Waals surface area contributed by atoms with Crippen LogP contribution in [0.3, 0.4) is 0 Å². The van der Waals surface area contributed by atoms with E-state index in [4.69, 9.17) is 23.2 Å². The lowest BCUT2D eigenvalue weighted by Crippen LogP contribution is -2.36. The lowest BCUT2D eigenvalue weighted by Gasteiger charge is -2.34. The van der Waals surface area contributed by atoms with Gasteiger partial charge in [-0.1, -0.05) is 49.9 Å². The van der Waals surface area contributed by atoms with Gasteiger partial charge >= 0.3 is 5.97 Å². The largest absolute Gasteiger partial charge is 0.481 e. The van der Waals surface area contributed by atoms with Gasteiger partial charge in [0.05, 0.1) is 16.8 Å². The van der Waals surface area contributed by atoms with Gasteiger partial charge in [0.25, 0.3) is 0 Å². The fraction of sp³-hybridized carbons (Fsp3) is 0.516. The first-order chi connectivity index (χ1) is 18.4. The fourth-order valence-corrected chi connectivity index (χ4v) is 5.91. The number of nitrogens with zero attached hydrogens (tertiary/aromatic N) is 2. The summed E-state index contributed by atoms with van der Waals surface area (Å²) in [7, 11) is 1.73. The number of carboxylic acids is 1. The summed E-state index contributed by atoms with van der Waals surface area (Å²) in [5, 5.41) is 13.6. The summed E-state index contributed by atoms with van der Waals surface area (Å²) in [6.45, 7) is 8.30. The molecule has 39 heavy (non-hydrogen) atoms. The van der Waals surface area contributed by atoms with Gasteiger partial charge < -0.3 is 26.6 Å². The quantitative estimate of drug-likeness (QED) is 0.124. The molecular weight excluding hydrogens is 488 g/mol. The van der Waals surface area contributed by atoms with E-state index in [9.17, 15) is 9.90 Å². The van der Waals surface area contributed by atoms with Crippen molar-refractivity contribution >= 4 is 17.3 Å². The molecule has 0 amide bonds. The maximum Gasteiger partial charge on any atom is 0.310 e. The van der Waals surface area contributed by atoms with E-state index in [0.717, 1.165) is 40.1 Å². The maximum atomic E-state index is 12.6. The number of carboxylic acid groups (broad SMARTS) is 1. The molecule has 0 heterocycles. The molecule has 214 valence electrons. The summed E-state index contributed by atoms with van der Waals surface area (Å²) < 4.78 is 0. The number of carbonyl (C=O) groups is 1. The van der Waals surface area contributed by atoms with Crippen molar-refractivity contribution in [2.75, 3.05) is 24.3 Å². The third kappa shape index (κ3) is 6.86. The van der Waals surface area contributed by atoms with Gasteiger partial charge in [0.15, 0.2) is 0 Å². The topological polar surface area (TPSA) is 148 Å². The average molecular weight is 537 g/mol. The normalized spacial score (nSPS) is 16.0. The van der Waals surface area contributed by atoms with Crippen LogP contribution in [0.1, 0.15) is 86.1 Å². The van der Waals surface area contributed by atoms with E-state index in [2.05, 4.69) is 19.1 Å². The summed E-state index contributed by atoms with van der Waals surface area (Å²) in [5.74, 6) is 11.8. The van der Waals surface area contributed by atoms with Crippen molar-refractivity contribution in [2.45, 2.75) is 78.6 Å². The van der Waals surface area contributed by atoms with Crippen LogP contribution in [0, 0.1) is 25.2 Å². The number of anilines is 2. The number of rotatable bonds is 10. The molecular formula is C31H48N6O2. The Balaban J connectivity index is 2.00. The molecule has 3 rings (SSSR count). The Bertz CT molecular complexity index is 1180. The van der Waals surface area contributed by atoms with E-state index in [0.29, 0.717) is 23.7 Å². The van der Waals surface area contributed by atoms with E-state index >= 15 is 0 Å². The zero-order chi connectivity index (χ0) is 28.9.